The van der Waals surface area contributed by atoms with E-state index >= 15 is 0 Å². The van der Waals surface area contributed by atoms with Gasteiger partial charge in [-0.2, -0.15) is 0 Å². The minimum absolute atomic E-state index is 0.233. The summed E-state index contributed by atoms with van der Waals surface area (Å²) in [6.45, 7) is 6.23. The zero-order chi connectivity index (χ0) is 14.8. The summed E-state index contributed by atoms with van der Waals surface area (Å²) >= 11 is 0. The van der Waals surface area contributed by atoms with Gasteiger partial charge in [-0.05, 0) is 26.5 Å². The fourth-order valence-corrected chi connectivity index (χ4v) is 1.84. The first-order chi connectivity index (χ1) is 9.72. The molecule has 0 aliphatic rings. The number of methoxy groups -OCH3 is 1. The highest BCUT2D eigenvalue weighted by Crippen LogP contribution is 2.29. The van der Waals surface area contributed by atoms with E-state index in [-0.39, 0.29) is 6.04 Å². The summed E-state index contributed by atoms with van der Waals surface area (Å²) in [5.74, 6) is 1.66. The van der Waals surface area contributed by atoms with E-state index in [4.69, 9.17) is 14.2 Å². The van der Waals surface area contributed by atoms with Crippen molar-refractivity contribution in [2.45, 2.75) is 32.7 Å². The number of nitrogens with one attached hydrogen (secondary N) is 1. The highest BCUT2D eigenvalue weighted by molar-refractivity contribution is 5.42. The molecule has 0 amide bonds. The summed E-state index contributed by atoms with van der Waals surface area (Å²) < 4.78 is 16.6. The quantitative estimate of drug-likeness (QED) is 0.669. The van der Waals surface area contributed by atoms with Gasteiger partial charge in [0.25, 0.3) is 0 Å². The molecular formula is C16H27NO3. The molecule has 114 valence electrons. The third-order valence-electron chi connectivity index (χ3n) is 3.25. The molecule has 1 atom stereocenters. The Labute approximate surface area is 122 Å². The van der Waals surface area contributed by atoms with Gasteiger partial charge in [0, 0.05) is 24.3 Å². The van der Waals surface area contributed by atoms with Crippen molar-refractivity contribution in [2.24, 2.45) is 0 Å². The number of rotatable bonds is 10. The maximum absolute atomic E-state index is 5.84. The Hall–Kier alpha value is -1.26. The summed E-state index contributed by atoms with van der Waals surface area (Å²) in [7, 11) is 3.60. The van der Waals surface area contributed by atoms with Gasteiger partial charge >= 0.3 is 0 Å². The Morgan fingerprint density at radius 3 is 2.65 bits per heavy atom. The Kier molecular flexibility index (Phi) is 8.07. The second-order valence-electron chi connectivity index (χ2n) is 4.73. The molecule has 0 fully saturated rings. The predicted octanol–water partition coefficient (Wildman–Crippen LogP) is 3.17. The molecule has 20 heavy (non-hydrogen) atoms. The lowest BCUT2D eigenvalue weighted by atomic mass is 10.1. The molecule has 4 heteroatoms. The number of ether oxygens (including phenoxy) is 3. The average molecular weight is 281 g/mol. The third-order valence-corrected chi connectivity index (χ3v) is 3.25. The molecule has 0 aliphatic carbocycles. The van der Waals surface area contributed by atoms with Crippen LogP contribution in [0.4, 0.5) is 0 Å². The van der Waals surface area contributed by atoms with Crippen LogP contribution in [0.1, 0.15) is 38.3 Å². The summed E-state index contributed by atoms with van der Waals surface area (Å²) in [5.41, 5.74) is 1.13. The van der Waals surface area contributed by atoms with E-state index in [9.17, 15) is 0 Å². The lowest BCUT2D eigenvalue weighted by Crippen LogP contribution is -2.15. The molecule has 0 aromatic heterocycles. The van der Waals surface area contributed by atoms with Crippen LogP contribution in [0.3, 0.4) is 0 Å². The maximum Gasteiger partial charge on any atom is 0.127 e. The summed E-state index contributed by atoms with van der Waals surface area (Å²) in [4.78, 5) is 0. The molecule has 0 heterocycles. The number of unbranched alkanes of at least 4 members (excludes halogenated alkanes) is 1. The van der Waals surface area contributed by atoms with Crippen LogP contribution in [0, 0.1) is 0 Å². The topological polar surface area (TPSA) is 39.7 Å². The van der Waals surface area contributed by atoms with Crippen LogP contribution in [0.2, 0.25) is 0 Å². The fraction of sp³-hybridized carbons (Fsp3) is 0.625. The van der Waals surface area contributed by atoms with Crippen molar-refractivity contribution in [1.82, 2.24) is 5.32 Å². The van der Waals surface area contributed by atoms with E-state index in [1.54, 1.807) is 7.11 Å². The molecule has 0 bridgehead atoms. The maximum atomic E-state index is 5.84. The van der Waals surface area contributed by atoms with Crippen molar-refractivity contribution >= 4 is 0 Å². The van der Waals surface area contributed by atoms with Crippen LogP contribution >= 0.6 is 0 Å². The molecule has 0 aliphatic heterocycles. The highest BCUT2D eigenvalue weighted by atomic mass is 16.5. The molecule has 0 spiro atoms. The molecule has 1 aromatic rings. The molecule has 1 rings (SSSR count). The Balaban J connectivity index is 2.56. The smallest absolute Gasteiger partial charge is 0.127 e. The van der Waals surface area contributed by atoms with Gasteiger partial charge in [-0.15, -0.1) is 0 Å². The van der Waals surface area contributed by atoms with Gasteiger partial charge in [0.1, 0.15) is 18.1 Å². The normalized spacial score (nSPS) is 12.2. The molecule has 4 nitrogen and oxygen atoms in total. The monoisotopic (exact) mass is 281 g/mol. The summed E-state index contributed by atoms with van der Waals surface area (Å²) in [5, 5.41) is 3.23. The van der Waals surface area contributed by atoms with Crippen molar-refractivity contribution in [3.8, 4) is 11.5 Å². The second-order valence-corrected chi connectivity index (χ2v) is 4.73. The van der Waals surface area contributed by atoms with Crippen LogP contribution < -0.4 is 14.8 Å². The van der Waals surface area contributed by atoms with E-state index in [2.05, 4.69) is 19.2 Å². The Morgan fingerprint density at radius 2 is 2.00 bits per heavy atom. The van der Waals surface area contributed by atoms with E-state index in [1.165, 1.54) is 0 Å². The van der Waals surface area contributed by atoms with Gasteiger partial charge in [0.2, 0.25) is 0 Å². The van der Waals surface area contributed by atoms with E-state index in [0.717, 1.165) is 36.5 Å². The fourth-order valence-electron chi connectivity index (χ4n) is 1.84. The minimum atomic E-state index is 0.233. The number of hydrogen-bond donors (Lipinski definition) is 1. The van der Waals surface area contributed by atoms with Gasteiger partial charge < -0.3 is 19.5 Å². The van der Waals surface area contributed by atoms with Crippen molar-refractivity contribution in [3.63, 3.8) is 0 Å². The lowest BCUT2D eigenvalue weighted by molar-refractivity contribution is 0.0975. The zero-order valence-corrected chi connectivity index (χ0v) is 13.1. The molecule has 0 saturated heterocycles. The lowest BCUT2D eigenvalue weighted by Gasteiger charge is -2.17. The van der Waals surface area contributed by atoms with Gasteiger partial charge in [-0.1, -0.05) is 19.4 Å². The second kappa shape index (κ2) is 9.61. The third kappa shape index (κ3) is 5.39. The Bertz CT molecular complexity index is 382. The van der Waals surface area contributed by atoms with E-state index in [1.807, 2.05) is 25.2 Å². The van der Waals surface area contributed by atoms with Crippen molar-refractivity contribution in [1.29, 1.82) is 0 Å². The number of hydrogen-bond acceptors (Lipinski definition) is 4. The van der Waals surface area contributed by atoms with E-state index < -0.39 is 0 Å². The van der Waals surface area contributed by atoms with Gasteiger partial charge in [0.05, 0.1) is 13.7 Å². The van der Waals surface area contributed by atoms with Gasteiger partial charge in [-0.3, -0.25) is 0 Å². The van der Waals surface area contributed by atoms with Crippen LogP contribution in [-0.2, 0) is 4.74 Å². The number of benzene rings is 1. The first kappa shape index (κ1) is 16.8. The first-order valence-electron chi connectivity index (χ1n) is 7.28. The minimum Gasteiger partial charge on any atom is -0.497 e. The highest BCUT2D eigenvalue weighted by Gasteiger charge is 2.11. The van der Waals surface area contributed by atoms with Crippen LogP contribution in [0.25, 0.3) is 0 Å². The zero-order valence-electron chi connectivity index (χ0n) is 13.1. The van der Waals surface area contributed by atoms with Crippen molar-refractivity contribution in [3.05, 3.63) is 23.8 Å². The van der Waals surface area contributed by atoms with Crippen molar-refractivity contribution < 1.29 is 14.2 Å². The van der Waals surface area contributed by atoms with Crippen molar-refractivity contribution in [2.75, 3.05) is 34.0 Å². The Morgan fingerprint density at radius 1 is 1.20 bits per heavy atom. The molecule has 1 N–H and O–H groups in total. The van der Waals surface area contributed by atoms with Crippen LogP contribution in [-0.4, -0.2) is 34.0 Å². The predicted molar refractivity (Wildman–Crippen MR) is 81.7 cm³/mol. The summed E-state index contributed by atoms with van der Waals surface area (Å²) in [6.07, 6.45) is 2.25. The van der Waals surface area contributed by atoms with Crippen LogP contribution in [0.5, 0.6) is 11.5 Å². The summed E-state index contributed by atoms with van der Waals surface area (Å²) in [6, 6.07) is 6.15. The SMILES string of the molecule is CCCCOCCOc1cc(OC)ccc1C(C)NC. The molecule has 0 radical (unpaired) electrons. The van der Waals surface area contributed by atoms with Gasteiger partial charge in [0.15, 0.2) is 0 Å². The molecular weight excluding hydrogens is 254 g/mol. The largest absolute Gasteiger partial charge is 0.497 e. The average Bonchev–Trinajstić information content (AvgIpc) is 2.49. The van der Waals surface area contributed by atoms with E-state index in [0.29, 0.717) is 13.2 Å². The molecule has 1 unspecified atom stereocenters. The van der Waals surface area contributed by atoms with Crippen LogP contribution in [0.15, 0.2) is 18.2 Å². The molecule has 1 aromatic carbocycles. The molecule has 0 saturated carbocycles. The van der Waals surface area contributed by atoms with Gasteiger partial charge in [-0.25, -0.2) is 0 Å². The standard InChI is InChI=1S/C16H27NO3/c1-5-6-9-19-10-11-20-16-12-14(18-4)7-8-15(16)13(2)17-3/h7-8,12-13,17H,5-6,9-11H2,1-4H3. The first-order valence-corrected chi connectivity index (χ1v) is 7.28.